The lowest BCUT2D eigenvalue weighted by Crippen LogP contribution is -2.38. The summed E-state index contributed by atoms with van der Waals surface area (Å²) in [7, 11) is 0. The van der Waals surface area contributed by atoms with Gasteiger partial charge in [-0.15, -0.1) is 0 Å². The first-order valence-corrected chi connectivity index (χ1v) is 10.8. The van der Waals surface area contributed by atoms with Crippen LogP contribution in [0.3, 0.4) is 0 Å². The summed E-state index contributed by atoms with van der Waals surface area (Å²) in [5.41, 5.74) is 1.89. The summed E-state index contributed by atoms with van der Waals surface area (Å²) in [5.74, 6) is -0.595. The Morgan fingerprint density at radius 1 is 1.31 bits per heavy atom. The minimum absolute atomic E-state index is 0.0672. The van der Waals surface area contributed by atoms with Crippen LogP contribution >= 0.6 is 0 Å². The highest BCUT2D eigenvalue weighted by Crippen LogP contribution is 2.41. The van der Waals surface area contributed by atoms with E-state index in [9.17, 15) is 18.0 Å². The zero-order valence-corrected chi connectivity index (χ0v) is 18.5. The lowest BCUT2D eigenvalue weighted by molar-refractivity contribution is -0.136. The number of nitrogens with zero attached hydrogens (tertiary/aromatic N) is 4. The summed E-state index contributed by atoms with van der Waals surface area (Å²) < 4.78 is 46.8. The van der Waals surface area contributed by atoms with E-state index >= 15 is 0 Å². The number of nitrogens with one attached hydrogen (secondary N) is 1. The molecule has 4 heterocycles. The number of carbonyl (C=O) groups excluding carboxylic acids is 1. The Morgan fingerprint density at radius 3 is 2.56 bits per heavy atom. The van der Waals surface area contributed by atoms with E-state index in [1.54, 1.807) is 18.7 Å². The number of hydrogen-bond acceptors (Lipinski definition) is 5. The molecule has 0 saturated carbocycles. The molecule has 0 aromatic carbocycles. The third-order valence-corrected chi connectivity index (χ3v) is 6.23. The molecule has 0 aliphatic carbocycles. The summed E-state index contributed by atoms with van der Waals surface area (Å²) in [5, 5.41) is 11.0. The normalized spacial score (nSPS) is 15.8. The van der Waals surface area contributed by atoms with Crippen molar-refractivity contribution in [1.29, 1.82) is 0 Å². The monoisotopic (exact) mass is 449 g/mol. The number of amides is 1. The molecule has 4 rings (SSSR count). The Hall–Kier alpha value is -2.91. The van der Waals surface area contributed by atoms with E-state index in [2.05, 4.69) is 20.3 Å². The molecule has 1 saturated heterocycles. The van der Waals surface area contributed by atoms with Crippen molar-refractivity contribution in [1.82, 2.24) is 25.2 Å². The Balaban J connectivity index is 1.59. The van der Waals surface area contributed by atoms with E-state index in [1.807, 2.05) is 13.8 Å². The molecule has 1 aliphatic rings. The SMILES string of the molecule is CCc1[nH]nc(C(=O)N2CCC(c3noc4nc(C(C)C)cc(C(F)(F)F)c34)CC2)c1C. The minimum Gasteiger partial charge on any atom is -0.337 e. The van der Waals surface area contributed by atoms with Crippen LogP contribution in [-0.4, -0.2) is 44.2 Å². The maximum atomic E-state index is 13.9. The highest BCUT2D eigenvalue weighted by atomic mass is 19.4. The third kappa shape index (κ3) is 3.86. The molecule has 3 aromatic rings. The zero-order valence-electron chi connectivity index (χ0n) is 18.5. The molecule has 0 radical (unpaired) electrons. The highest BCUT2D eigenvalue weighted by molar-refractivity contribution is 5.94. The molecule has 1 fully saturated rings. The van der Waals surface area contributed by atoms with Gasteiger partial charge in [0.15, 0.2) is 5.69 Å². The summed E-state index contributed by atoms with van der Waals surface area (Å²) in [6, 6.07) is 1.10. The van der Waals surface area contributed by atoms with Crippen molar-refractivity contribution < 1.29 is 22.5 Å². The first kappa shape index (κ1) is 22.3. The number of aryl methyl sites for hydroxylation is 1. The van der Waals surface area contributed by atoms with Crippen molar-refractivity contribution in [3.05, 3.63) is 40.0 Å². The van der Waals surface area contributed by atoms with E-state index in [1.165, 1.54) is 0 Å². The number of piperidine rings is 1. The number of likely N-dealkylation sites (tertiary alicyclic amines) is 1. The van der Waals surface area contributed by atoms with E-state index in [0.717, 1.165) is 23.7 Å². The summed E-state index contributed by atoms with van der Waals surface area (Å²) >= 11 is 0. The van der Waals surface area contributed by atoms with Crippen LogP contribution in [0.25, 0.3) is 11.1 Å². The van der Waals surface area contributed by atoms with Gasteiger partial charge in [-0.1, -0.05) is 25.9 Å². The van der Waals surface area contributed by atoms with E-state index in [0.29, 0.717) is 37.3 Å². The van der Waals surface area contributed by atoms with Crippen molar-refractivity contribution in [2.45, 2.75) is 65.0 Å². The molecule has 0 unspecified atom stereocenters. The molecule has 1 aliphatic heterocycles. The van der Waals surface area contributed by atoms with Gasteiger partial charge in [0.05, 0.1) is 16.6 Å². The fraction of sp³-hybridized carbons (Fsp3) is 0.545. The van der Waals surface area contributed by atoms with Crippen LogP contribution in [0.15, 0.2) is 10.6 Å². The molecule has 0 bridgehead atoms. The molecule has 32 heavy (non-hydrogen) atoms. The fourth-order valence-corrected chi connectivity index (χ4v) is 4.28. The lowest BCUT2D eigenvalue weighted by atomic mass is 9.90. The van der Waals surface area contributed by atoms with Gasteiger partial charge in [0.2, 0.25) is 0 Å². The Bertz CT molecular complexity index is 1140. The van der Waals surface area contributed by atoms with Crippen molar-refractivity contribution >= 4 is 17.0 Å². The van der Waals surface area contributed by atoms with Crippen molar-refractivity contribution in [3.8, 4) is 0 Å². The summed E-state index contributed by atoms with van der Waals surface area (Å²) in [6.07, 6.45) is -2.82. The van der Waals surface area contributed by atoms with Crippen LogP contribution < -0.4 is 0 Å². The topological polar surface area (TPSA) is 87.9 Å². The number of alkyl halides is 3. The number of fused-ring (bicyclic) bond motifs is 1. The summed E-state index contributed by atoms with van der Waals surface area (Å²) in [4.78, 5) is 18.9. The van der Waals surface area contributed by atoms with Gasteiger partial charge in [-0.2, -0.15) is 18.3 Å². The van der Waals surface area contributed by atoms with Gasteiger partial charge in [0.1, 0.15) is 0 Å². The molecule has 10 heteroatoms. The Labute approximate surface area is 183 Å². The summed E-state index contributed by atoms with van der Waals surface area (Å²) in [6.45, 7) is 8.22. The third-order valence-electron chi connectivity index (χ3n) is 6.23. The largest absolute Gasteiger partial charge is 0.417 e. The predicted octanol–water partition coefficient (Wildman–Crippen LogP) is 4.98. The minimum atomic E-state index is -4.55. The second kappa shape index (κ2) is 8.22. The number of rotatable bonds is 4. The number of aromatic amines is 1. The zero-order chi connectivity index (χ0) is 23.2. The Morgan fingerprint density at radius 2 is 2.00 bits per heavy atom. The number of carbonyl (C=O) groups is 1. The van der Waals surface area contributed by atoms with E-state index in [-0.39, 0.29) is 34.5 Å². The van der Waals surface area contributed by atoms with Gasteiger partial charge < -0.3 is 9.42 Å². The Kier molecular flexibility index (Phi) is 5.72. The highest BCUT2D eigenvalue weighted by Gasteiger charge is 2.38. The number of pyridine rings is 1. The van der Waals surface area contributed by atoms with Crippen molar-refractivity contribution in [2.75, 3.05) is 13.1 Å². The number of hydrogen-bond donors (Lipinski definition) is 1. The molecule has 0 spiro atoms. The van der Waals surface area contributed by atoms with Crippen LogP contribution in [0.5, 0.6) is 0 Å². The second-order valence-electron chi connectivity index (χ2n) is 8.59. The van der Waals surface area contributed by atoms with Crippen LogP contribution in [0.4, 0.5) is 13.2 Å². The van der Waals surface area contributed by atoms with Gasteiger partial charge in [-0.3, -0.25) is 9.89 Å². The standard InChI is InChI=1S/C22H26F3N5O2/c1-5-15-12(4)18(28-27-15)21(31)30-8-6-13(7-9-30)19-17-14(22(23,24)25)10-16(11(2)3)26-20(17)32-29-19/h10-11,13H,5-9H2,1-4H3,(H,27,28). The van der Waals surface area contributed by atoms with Gasteiger partial charge in [0, 0.05) is 36.0 Å². The number of H-pyrrole nitrogens is 1. The average molecular weight is 449 g/mol. The molecule has 1 N–H and O–H groups in total. The molecule has 1 amide bonds. The van der Waals surface area contributed by atoms with Gasteiger partial charge in [-0.05, 0) is 38.2 Å². The second-order valence-corrected chi connectivity index (χ2v) is 8.59. The maximum Gasteiger partial charge on any atom is 0.417 e. The van der Waals surface area contributed by atoms with Crippen molar-refractivity contribution in [3.63, 3.8) is 0 Å². The van der Waals surface area contributed by atoms with Crippen LogP contribution in [0.2, 0.25) is 0 Å². The van der Waals surface area contributed by atoms with Gasteiger partial charge >= 0.3 is 6.18 Å². The van der Waals surface area contributed by atoms with Gasteiger partial charge in [0.25, 0.3) is 11.6 Å². The van der Waals surface area contributed by atoms with E-state index in [4.69, 9.17) is 4.52 Å². The van der Waals surface area contributed by atoms with Crippen LogP contribution in [-0.2, 0) is 12.6 Å². The average Bonchev–Trinajstić information content (AvgIpc) is 3.35. The molecular weight excluding hydrogens is 423 g/mol. The first-order valence-electron chi connectivity index (χ1n) is 10.8. The van der Waals surface area contributed by atoms with Crippen LogP contribution in [0, 0.1) is 6.92 Å². The molecule has 7 nitrogen and oxygen atoms in total. The molecular formula is C22H26F3N5O2. The smallest absolute Gasteiger partial charge is 0.337 e. The molecule has 0 atom stereocenters. The van der Waals surface area contributed by atoms with Crippen LogP contribution in [0.1, 0.15) is 84.1 Å². The number of halogens is 3. The fourth-order valence-electron chi connectivity index (χ4n) is 4.28. The molecule has 3 aromatic heterocycles. The first-order chi connectivity index (χ1) is 15.1. The maximum absolute atomic E-state index is 13.9. The quantitative estimate of drug-likeness (QED) is 0.607. The van der Waals surface area contributed by atoms with E-state index < -0.39 is 11.7 Å². The van der Waals surface area contributed by atoms with Crippen molar-refractivity contribution in [2.24, 2.45) is 0 Å². The van der Waals surface area contributed by atoms with Gasteiger partial charge in [-0.25, -0.2) is 4.98 Å². The predicted molar refractivity (Wildman–Crippen MR) is 111 cm³/mol. The molecule has 172 valence electrons. The number of aromatic nitrogens is 4. The lowest BCUT2D eigenvalue weighted by Gasteiger charge is -2.31.